The highest BCUT2D eigenvalue weighted by atomic mass is 16.5. The predicted molar refractivity (Wildman–Crippen MR) is 113 cm³/mol. The van der Waals surface area contributed by atoms with Crippen molar-refractivity contribution in [2.24, 2.45) is 0 Å². The summed E-state index contributed by atoms with van der Waals surface area (Å²) in [6, 6.07) is 17.9. The van der Waals surface area contributed by atoms with Crippen LogP contribution in [0.25, 0.3) is 10.8 Å². The molecule has 1 N–H and O–H groups in total. The standard InChI is InChI=1S/C24H27NO3/c1-15-6-11-23(28-5)22(12-15)17(3)25-24(26)16(2)18-7-8-20-14-21(27-4)10-9-19(20)13-18/h6-14,16-17H,1-5H3,(H,25,26)/t16-,17?/m0/s1. The summed E-state index contributed by atoms with van der Waals surface area (Å²) in [5, 5.41) is 5.30. The van der Waals surface area contributed by atoms with Gasteiger partial charge in [-0.05, 0) is 55.3 Å². The van der Waals surface area contributed by atoms with E-state index < -0.39 is 0 Å². The number of carbonyl (C=O) groups is 1. The van der Waals surface area contributed by atoms with E-state index in [0.717, 1.165) is 39.0 Å². The average molecular weight is 377 g/mol. The van der Waals surface area contributed by atoms with E-state index >= 15 is 0 Å². The molecule has 4 nitrogen and oxygen atoms in total. The van der Waals surface area contributed by atoms with Crippen LogP contribution in [0.5, 0.6) is 11.5 Å². The van der Waals surface area contributed by atoms with Crippen LogP contribution in [0, 0.1) is 6.92 Å². The summed E-state index contributed by atoms with van der Waals surface area (Å²) in [6.45, 7) is 5.94. The number of nitrogens with one attached hydrogen (secondary N) is 1. The third-order valence-electron chi connectivity index (χ3n) is 5.18. The summed E-state index contributed by atoms with van der Waals surface area (Å²) >= 11 is 0. The predicted octanol–water partition coefficient (Wildman–Crippen LogP) is 5.15. The number of rotatable bonds is 6. The van der Waals surface area contributed by atoms with Gasteiger partial charge in [-0.25, -0.2) is 0 Å². The van der Waals surface area contributed by atoms with Crippen molar-refractivity contribution in [3.8, 4) is 11.5 Å². The van der Waals surface area contributed by atoms with E-state index in [2.05, 4.69) is 17.4 Å². The van der Waals surface area contributed by atoms with Gasteiger partial charge < -0.3 is 14.8 Å². The lowest BCUT2D eigenvalue weighted by Gasteiger charge is -2.21. The molecule has 0 fully saturated rings. The summed E-state index contributed by atoms with van der Waals surface area (Å²) in [7, 11) is 3.31. The SMILES string of the molecule is COc1ccc2cc([C@H](C)C(=O)NC(C)c3cc(C)ccc3OC)ccc2c1. The van der Waals surface area contributed by atoms with Gasteiger partial charge in [-0.15, -0.1) is 0 Å². The molecule has 1 unspecified atom stereocenters. The van der Waals surface area contributed by atoms with Crippen molar-refractivity contribution < 1.29 is 14.3 Å². The number of ether oxygens (including phenoxy) is 2. The van der Waals surface area contributed by atoms with E-state index in [4.69, 9.17) is 9.47 Å². The number of benzene rings is 3. The van der Waals surface area contributed by atoms with Gasteiger partial charge in [0.15, 0.2) is 0 Å². The van der Waals surface area contributed by atoms with E-state index in [1.165, 1.54) is 0 Å². The molecule has 1 amide bonds. The van der Waals surface area contributed by atoms with E-state index in [1.807, 2.05) is 63.2 Å². The summed E-state index contributed by atoms with van der Waals surface area (Å²) in [5.74, 6) is 1.34. The van der Waals surface area contributed by atoms with Crippen molar-refractivity contribution in [2.75, 3.05) is 14.2 Å². The normalized spacial score (nSPS) is 13.0. The Balaban J connectivity index is 1.79. The van der Waals surface area contributed by atoms with Gasteiger partial charge in [-0.1, -0.05) is 42.0 Å². The molecule has 3 rings (SSSR count). The van der Waals surface area contributed by atoms with E-state index in [-0.39, 0.29) is 17.9 Å². The van der Waals surface area contributed by atoms with Crippen LogP contribution < -0.4 is 14.8 Å². The lowest BCUT2D eigenvalue weighted by atomic mass is 9.96. The molecule has 28 heavy (non-hydrogen) atoms. The van der Waals surface area contributed by atoms with Crippen molar-refractivity contribution in [3.63, 3.8) is 0 Å². The first kappa shape index (κ1) is 19.7. The maximum absolute atomic E-state index is 12.9. The number of methoxy groups -OCH3 is 2. The molecule has 0 saturated heterocycles. The lowest BCUT2D eigenvalue weighted by Crippen LogP contribution is -2.30. The largest absolute Gasteiger partial charge is 0.497 e. The number of fused-ring (bicyclic) bond motifs is 1. The Bertz CT molecular complexity index is 996. The molecule has 0 radical (unpaired) electrons. The Hall–Kier alpha value is -3.01. The van der Waals surface area contributed by atoms with Crippen molar-refractivity contribution >= 4 is 16.7 Å². The molecule has 4 heteroatoms. The zero-order valence-electron chi connectivity index (χ0n) is 17.1. The molecule has 0 spiro atoms. The number of carbonyl (C=O) groups excluding carboxylic acids is 1. The zero-order valence-corrected chi connectivity index (χ0v) is 17.1. The quantitative estimate of drug-likeness (QED) is 0.646. The lowest BCUT2D eigenvalue weighted by molar-refractivity contribution is -0.122. The fraction of sp³-hybridized carbons (Fsp3) is 0.292. The summed E-state index contributed by atoms with van der Waals surface area (Å²) < 4.78 is 10.7. The molecule has 146 valence electrons. The number of amides is 1. The maximum atomic E-state index is 12.9. The minimum absolute atomic E-state index is 0.0103. The Morgan fingerprint density at radius 1 is 0.893 bits per heavy atom. The molecule has 0 bridgehead atoms. The second-order valence-corrected chi connectivity index (χ2v) is 7.17. The molecule has 0 saturated carbocycles. The number of hydrogen-bond acceptors (Lipinski definition) is 3. The van der Waals surface area contributed by atoms with Crippen molar-refractivity contribution in [2.45, 2.75) is 32.7 Å². The zero-order chi connectivity index (χ0) is 20.3. The Morgan fingerprint density at radius 3 is 2.32 bits per heavy atom. The fourth-order valence-electron chi connectivity index (χ4n) is 3.40. The van der Waals surface area contributed by atoms with E-state index in [0.29, 0.717) is 0 Å². The third-order valence-corrected chi connectivity index (χ3v) is 5.18. The maximum Gasteiger partial charge on any atom is 0.227 e. The van der Waals surface area contributed by atoms with E-state index in [9.17, 15) is 4.79 Å². The highest BCUT2D eigenvalue weighted by molar-refractivity contribution is 5.88. The van der Waals surface area contributed by atoms with Crippen LogP contribution in [0.1, 0.15) is 42.5 Å². The highest BCUT2D eigenvalue weighted by Crippen LogP contribution is 2.28. The van der Waals surface area contributed by atoms with Gasteiger partial charge in [-0.2, -0.15) is 0 Å². The van der Waals surface area contributed by atoms with Gasteiger partial charge in [-0.3, -0.25) is 4.79 Å². The van der Waals surface area contributed by atoms with Crippen LogP contribution in [0.4, 0.5) is 0 Å². The Labute approximate surface area is 166 Å². The van der Waals surface area contributed by atoms with Crippen LogP contribution >= 0.6 is 0 Å². The molecule has 0 heterocycles. The van der Waals surface area contributed by atoms with Crippen LogP contribution in [0.2, 0.25) is 0 Å². The second kappa shape index (κ2) is 8.34. The van der Waals surface area contributed by atoms with Crippen LogP contribution in [0.15, 0.2) is 54.6 Å². The first-order chi connectivity index (χ1) is 13.4. The molecule has 0 aliphatic heterocycles. The smallest absolute Gasteiger partial charge is 0.227 e. The van der Waals surface area contributed by atoms with Crippen LogP contribution in [-0.4, -0.2) is 20.1 Å². The van der Waals surface area contributed by atoms with Gasteiger partial charge in [0.05, 0.1) is 26.2 Å². The summed E-state index contributed by atoms with van der Waals surface area (Å²) in [4.78, 5) is 12.9. The van der Waals surface area contributed by atoms with Gasteiger partial charge >= 0.3 is 0 Å². The summed E-state index contributed by atoms with van der Waals surface area (Å²) in [6.07, 6.45) is 0. The monoisotopic (exact) mass is 377 g/mol. The minimum Gasteiger partial charge on any atom is -0.497 e. The topological polar surface area (TPSA) is 47.6 Å². The van der Waals surface area contributed by atoms with Crippen molar-refractivity contribution in [3.05, 3.63) is 71.3 Å². The van der Waals surface area contributed by atoms with Gasteiger partial charge in [0.25, 0.3) is 0 Å². The van der Waals surface area contributed by atoms with Gasteiger partial charge in [0, 0.05) is 5.56 Å². The molecule has 3 aromatic carbocycles. The summed E-state index contributed by atoms with van der Waals surface area (Å²) in [5.41, 5.74) is 3.10. The van der Waals surface area contributed by atoms with Crippen LogP contribution in [-0.2, 0) is 4.79 Å². The molecule has 0 aliphatic carbocycles. The average Bonchev–Trinajstić information content (AvgIpc) is 2.72. The highest BCUT2D eigenvalue weighted by Gasteiger charge is 2.20. The van der Waals surface area contributed by atoms with Crippen LogP contribution in [0.3, 0.4) is 0 Å². The second-order valence-electron chi connectivity index (χ2n) is 7.17. The molecular formula is C24H27NO3. The van der Waals surface area contributed by atoms with Crippen molar-refractivity contribution in [1.82, 2.24) is 5.32 Å². The first-order valence-electron chi connectivity index (χ1n) is 9.45. The fourth-order valence-corrected chi connectivity index (χ4v) is 3.40. The van der Waals surface area contributed by atoms with Gasteiger partial charge in [0.1, 0.15) is 11.5 Å². The van der Waals surface area contributed by atoms with E-state index in [1.54, 1.807) is 14.2 Å². The molecule has 0 aliphatic rings. The number of aryl methyl sites for hydroxylation is 1. The first-order valence-corrected chi connectivity index (χ1v) is 9.45. The number of hydrogen-bond donors (Lipinski definition) is 1. The third kappa shape index (κ3) is 4.11. The Kier molecular flexibility index (Phi) is 5.88. The molecule has 0 aromatic heterocycles. The minimum atomic E-state index is -0.259. The molecule has 3 aromatic rings. The molecule has 2 atom stereocenters. The Morgan fingerprint density at radius 2 is 1.61 bits per heavy atom. The molecular weight excluding hydrogens is 350 g/mol. The van der Waals surface area contributed by atoms with Gasteiger partial charge in [0.2, 0.25) is 5.91 Å². The van der Waals surface area contributed by atoms with Crippen molar-refractivity contribution in [1.29, 1.82) is 0 Å².